The molecule has 142 valence electrons. The Morgan fingerprint density at radius 2 is 2.19 bits per heavy atom. The number of carbonyl (C=O) groups excluding carboxylic acids is 1. The minimum absolute atomic E-state index is 0.195. The van der Waals surface area contributed by atoms with Crippen molar-refractivity contribution in [2.24, 2.45) is 5.16 Å². The second kappa shape index (κ2) is 7.22. The number of nitrogens with zero attached hydrogens (tertiary/aromatic N) is 5. The number of thiazole rings is 1. The molecule has 0 bridgehead atoms. The Morgan fingerprint density at radius 1 is 1.37 bits per heavy atom. The van der Waals surface area contributed by atoms with Crippen molar-refractivity contribution < 1.29 is 9.63 Å². The molecule has 1 N–H and O–H groups in total. The lowest BCUT2D eigenvalue weighted by atomic mass is 9.88. The zero-order valence-electron chi connectivity index (χ0n) is 15.4. The molecule has 1 amide bonds. The monoisotopic (exact) mass is 386 g/mol. The summed E-state index contributed by atoms with van der Waals surface area (Å²) in [6.45, 7) is 5.84. The van der Waals surface area contributed by atoms with Gasteiger partial charge in [-0.15, -0.1) is 11.3 Å². The largest absolute Gasteiger partial charge is 0.386 e. The molecule has 2 aromatic heterocycles. The van der Waals surface area contributed by atoms with Gasteiger partial charge in [0.25, 0.3) is 5.91 Å². The molecular formula is C18H22N6O2S. The van der Waals surface area contributed by atoms with Gasteiger partial charge in [0.1, 0.15) is 5.71 Å². The summed E-state index contributed by atoms with van der Waals surface area (Å²) in [5.41, 5.74) is 4.45. The molecule has 1 spiro atoms. The highest BCUT2D eigenvalue weighted by Crippen LogP contribution is 2.34. The van der Waals surface area contributed by atoms with Crippen LogP contribution in [-0.2, 0) is 16.2 Å². The van der Waals surface area contributed by atoms with E-state index in [-0.39, 0.29) is 5.91 Å². The highest BCUT2D eigenvalue weighted by atomic mass is 32.1. The van der Waals surface area contributed by atoms with Gasteiger partial charge in [0.2, 0.25) is 5.95 Å². The molecule has 0 radical (unpaired) electrons. The fourth-order valence-electron chi connectivity index (χ4n) is 3.58. The maximum absolute atomic E-state index is 12.4. The highest BCUT2D eigenvalue weighted by Gasteiger charge is 2.45. The van der Waals surface area contributed by atoms with Crippen molar-refractivity contribution in [1.82, 2.24) is 20.3 Å². The standard InChI is InChI=1S/C18H22N6O2S/c1-12-6-13(2)22-17(21-12)24-5-3-4-18(10-24)7-15(23-26-18)16(25)19-8-14-9-27-11-20-14/h6,9,11H,3-5,7-8,10H2,1-2H3,(H,19,25)/t18-/m0/s1. The Hall–Kier alpha value is -2.55. The molecule has 1 atom stereocenters. The summed E-state index contributed by atoms with van der Waals surface area (Å²) >= 11 is 1.51. The lowest BCUT2D eigenvalue weighted by Crippen LogP contribution is -2.49. The minimum atomic E-state index is -0.480. The summed E-state index contributed by atoms with van der Waals surface area (Å²) in [4.78, 5) is 33.6. The van der Waals surface area contributed by atoms with Crippen LogP contribution in [0.25, 0.3) is 0 Å². The van der Waals surface area contributed by atoms with Gasteiger partial charge in [-0.25, -0.2) is 15.0 Å². The molecule has 27 heavy (non-hydrogen) atoms. The van der Waals surface area contributed by atoms with Gasteiger partial charge in [0.05, 0.1) is 24.3 Å². The quantitative estimate of drug-likeness (QED) is 0.864. The zero-order valence-corrected chi connectivity index (χ0v) is 16.3. The summed E-state index contributed by atoms with van der Waals surface area (Å²) in [5, 5.41) is 8.87. The van der Waals surface area contributed by atoms with Crippen molar-refractivity contribution in [2.45, 2.75) is 45.3 Å². The van der Waals surface area contributed by atoms with Crippen LogP contribution in [0, 0.1) is 13.8 Å². The van der Waals surface area contributed by atoms with Gasteiger partial charge in [-0.3, -0.25) is 4.79 Å². The molecule has 2 aliphatic heterocycles. The molecule has 4 heterocycles. The van der Waals surface area contributed by atoms with Crippen LogP contribution in [0.4, 0.5) is 5.95 Å². The van der Waals surface area contributed by atoms with Crippen LogP contribution < -0.4 is 10.2 Å². The maximum atomic E-state index is 12.4. The van der Waals surface area contributed by atoms with Gasteiger partial charge in [-0.2, -0.15) is 0 Å². The molecular weight excluding hydrogens is 364 g/mol. The molecule has 0 saturated carbocycles. The molecule has 1 fully saturated rings. The van der Waals surface area contributed by atoms with Crippen molar-refractivity contribution in [1.29, 1.82) is 0 Å². The van der Waals surface area contributed by atoms with Crippen molar-refractivity contribution in [3.63, 3.8) is 0 Å². The normalized spacial score (nSPS) is 21.9. The number of carbonyl (C=O) groups is 1. The van der Waals surface area contributed by atoms with Crippen LogP contribution in [0.15, 0.2) is 22.1 Å². The Labute approximate surface area is 161 Å². The number of aromatic nitrogens is 3. The first-order valence-electron chi connectivity index (χ1n) is 9.01. The van der Waals surface area contributed by atoms with Crippen LogP contribution in [-0.4, -0.2) is 45.3 Å². The maximum Gasteiger partial charge on any atom is 0.269 e. The smallest absolute Gasteiger partial charge is 0.269 e. The second-order valence-corrected chi connectivity index (χ2v) is 7.85. The highest BCUT2D eigenvalue weighted by molar-refractivity contribution is 7.07. The predicted octanol–water partition coefficient (Wildman–Crippen LogP) is 1.98. The van der Waals surface area contributed by atoms with E-state index in [1.54, 1.807) is 5.51 Å². The van der Waals surface area contributed by atoms with Gasteiger partial charge < -0.3 is 15.1 Å². The van der Waals surface area contributed by atoms with E-state index in [0.29, 0.717) is 25.2 Å². The molecule has 9 heteroatoms. The van der Waals surface area contributed by atoms with E-state index in [1.165, 1.54) is 11.3 Å². The summed E-state index contributed by atoms with van der Waals surface area (Å²) < 4.78 is 0. The van der Waals surface area contributed by atoms with Crippen molar-refractivity contribution in [3.05, 3.63) is 34.0 Å². The van der Waals surface area contributed by atoms with Crippen molar-refractivity contribution in [3.8, 4) is 0 Å². The van der Waals surface area contributed by atoms with Crippen LogP contribution in [0.3, 0.4) is 0 Å². The van der Waals surface area contributed by atoms with Crippen LogP contribution in [0.2, 0.25) is 0 Å². The number of hydrogen-bond acceptors (Lipinski definition) is 8. The molecule has 0 unspecified atom stereocenters. The Balaban J connectivity index is 1.40. The topological polar surface area (TPSA) is 92.6 Å². The number of piperidine rings is 1. The lowest BCUT2D eigenvalue weighted by molar-refractivity contribution is -0.115. The van der Waals surface area contributed by atoms with Gasteiger partial charge in [-0.1, -0.05) is 5.16 Å². The predicted molar refractivity (Wildman–Crippen MR) is 103 cm³/mol. The number of nitrogens with one attached hydrogen (secondary N) is 1. The van der Waals surface area contributed by atoms with Gasteiger partial charge in [0.15, 0.2) is 5.60 Å². The molecule has 2 aromatic rings. The molecule has 0 aliphatic carbocycles. The summed E-state index contributed by atoms with van der Waals surface area (Å²) in [5.74, 6) is 0.524. The number of oxime groups is 1. The van der Waals surface area contributed by atoms with Gasteiger partial charge in [0, 0.05) is 29.7 Å². The third-order valence-corrected chi connectivity index (χ3v) is 5.44. The molecule has 1 saturated heterocycles. The van der Waals surface area contributed by atoms with Crippen LogP contribution in [0.5, 0.6) is 0 Å². The van der Waals surface area contributed by atoms with E-state index in [4.69, 9.17) is 4.84 Å². The summed E-state index contributed by atoms with van der Waals surface area (Å²) in [6, 6.07) is 1.96. The Bertz CT molecular complexity index is 848. The molecule has 0 aromatic carbocycles. The number of amides is 1. The first kappa shape index (κ1) is 17.8. The van der Waals surface area contributed by atoms with Crippen LogP contribution >= 0.6 is 11.3 Å². The lowest BCUT2D eigenvalue weighted by Gasteiger charge is -2.38. The second-order valence-electron chi connectivity index (χ2n) is 7.13. The number of aryl methyl sites for hydroxylation is 2. The Kier molecular flexibility index (Phi) is 4.77. The fraction of sp³-hybridized carbons (Fsp3) is 0.500. The van der Waals surface area contributed by atoms with E-state index in [9.17, 15) is 4.79 Å². The van der Waals surface area contributed by atoms with E-state index in [1.807, 2.05) is 25.3 Å². The third-order valence-electron chi connectivity index (χ3n) is 4.81. The SMILES string of the molecule is Cc1cc(C)nc(N2CCC[C@]3(CC(C(=O)NCc4cscn4)=NO3)C2)n1. The Morgan fingerprint density at radius 3 is 2.93 bits per heavy atom. The molecule has 8 nitrogen and oxygen atoms in total. The molecule has 2 aliphatic rings. The molecule has 4 rings (SSSR count). The average Bonchev–Trinajstić information content (AvgIpc) is 3.29. The van der Waals surface area contributed by atoms with Gasteiger partial charge in [-0.05, 0) is 32.8 Å². The minimum Gasteiger partial charge on any atom is -0.386 e. The fourth-order valence-corrected chi connectivity index (χ4v) is 4.14. The van der Waals surface area contributed by atoms with E-state index < -0.39 is 5.60 Å². The van der Waals surface area contributed by atoms with Crippen molar-refractivity contribution in [2.75, 3.05) is 18.0 Å². The zero-order chi connectivity index (χ0) is 18.9. The summed E-state index contributed by atoms with van der Waals surface area (Å²) in [6.07, 6.45) is 2.30. The third kappa shape index (κ3) is 3.92. The number of rotatable bonds is 4. The van der Waals surface area contributed by atoms with Gasteiger partial charge >= 0.3 is 0 Å². The average molecular weight is 386 g/mol. The van der Waals surface area contributed by atoms with Crippen molar-refractivity contribution >= 4 is 28.9 Å². The summed E-state index contributed by atoms with van der Waals surface area (Å²) in [7, 11) is 0. The van der Waals surface area contributed by atoms with E-state index in [2.05, 4.69) is 30.3 Å². The number of hydrogen-bond donors (Lipinski definition) is 1. The van der Waals surface area contributed by atoms with E-state index in [0.717, 1.165) is 42.4 Å². The first-order chi connectivity index (χ1) is 13.0. The van der Waals surface area contributed by atoms with Crippen LogP contribution in [0.1, 0.15) is 36.3 Å². The number of anilines is 1. The first-order valence-corrected chi connectivity index (χ1v) is 9.95. The van der Waals surface area contributed by atoms with E-state index >= 15 is 0 Å².